The van der Waals surface area contributed by atoms with Crippen LogP contribution in [0.1, 0.15) is 41.6 Å². The summed E-state index contributed by atoms with van der Waals surface area (Å²) in [6.07, 6.45) is -1.58. The van der Waals surface area contributed by atoms with Crippen molar-refractivity contribution in [3.8, 4) is 5.75 Å². The molecule has 2 atom stereocenters. The van der Waals surface area contributed by atoms with Gasteiger partial charge in [0, 0.05) is 6.04 Å². The number of hydrogen-bond acceptors (Lipinski definition) is 3. The molecule has 0 heterocycles. The molecule has 2 unspecified atom stereocenters. The number of amides is 1. The molecule has 0 bridgehead atoms. The number of carbonyl (C=O) groups is 1. The monoisotopic (exact) mass is 302 g/mol. The summed E-state index contributed by atoms with van der Waals surface area (Å²) in [6, 6.07) is 2.75. The van der Waals surface area contributed by atoms with Crippen LogP contribution in [0.3, 0.4) is 0 Å². The Morgan fingerprint density at radius 2 is 2.00 bits per heavy atom. The van der Waals surface area contributed by atoms with Crippen LogP contribution in [-0.2, 0) is 6.18 Å². The molecule has 1 aromatic rings. The van der Waals surface area contributed by atoms with Gasteiger partial charge in [0.1, 0.15) is 11.9 Å². The van der Waals surface area contributed by atoms with E-state index in [1.807, 2.05) is 0 Å². The van der Waals surface area contributed by atoms with E-state index in [-0.39, 0.29) is 23.5 Å². The number of benzene rings is 1. The van der Waals surface area contributed by atoms with Gasteiger partial charge < -0.3 is 16.2 Å². The molecule has 1 aliphatic carbocycles. The highest BCUT2D eigenvalue weighted by molar-refractivity contribution is 5.95. The Bertz CT molecular complexity index is 531. The number of hydrogen-bond donors (Lipinski definition) is 2. The van der Waals surface area contributed by atoms with Gasteiger partial charge in [0.05, 0.1) is 11.1 Å². The number of ether oxygens (including phenoxy) is 1. The first kappa shape index (κ1) is 15.6. The van der Waals surface area contributed by atoms with Crippen LogP contribution in [0.5, 0.6) is 5.75 Å². The largest absolute Gasteiger partial charge is 0.490 e. The molecule has 7 heteroatoms. The summed E-state index contributed by atoms with van der Waals surface area (Å²) < 4.78 is 43.6. The van der Waals surface area contributed by atoms with E-state index >= 15 is 0 Å². The van der Waals surface area contributed by atoms with Crippen LogP contribution in [0.15, 0.2) is 18.2 Å². The van der Waals surface area contributed by atoms with Crippen molar-refractivity contribution in [3.63, 3.8) is 0 Å². The van der Waals surface area contributed by atoms with Gasteiger partial charge in [-0.15, -0.1) is 0 Å². The van der Waals surface area contributed by atoms with E-state index in [1.54, 1.807) is 0 Å². The average molecular weight is 302 g/mol. The number of nitrogens with two attached hydrogens (primary N) is 2. The van der Waals surface area contributed by atoms with Crippen molar-refractivity contribution in [1.29, 1.82) is 0 Å². The molecular weight excluding hydrogens is 285 g/mol. The molecule has 21 heavy (non-hydrogen) atoms. The van der Waals surface area contributed by atoms with E-state index in [0.717, 1.165) is 37.5 Å². The Kier molecular flexibility index (Phi) is 4.41. The third-order valence-electron chi connectivity index (χ3n) is 3.53. The second-order valence-corrected chi connectivity index (χ2v) is 5.24. The SMILES string of the molecule is NC(=O)c1cc(C(F)(F)F)ccc1OC1CCCC(N)C1. The van der Waals surface area contributed by atoms with Gasteiger partial charge in [-0.25, -0.2) is 0 Å². The molecule has 1 fully saturated rings. The zero-order valence-corrected chi connectivity index (χ0v) is 11.3. The van der Waals surface area contributed by atoms with E-state index in [1.165, 1.54) is 0 Å². The van der Waals surface area contributed by atoms with E-state index in [9.17, 15) is 18.0 Å². The highest BCUT2D eigenvalue weighted by atomic mass is 19.4. The predicted octanol–water partition coefficient (Wildman–Crippen LogP) is 2.45. The maximum Gasteiger partial charge on any atom is 0.416 e. The molecule has 0 spiro atoms. The van der Waals surface area contributed by atoms with Crippen LogP contribution in [0, 0.1) is 0 Å². The minimum Gasteiger partial charge on any atom is -0.490 e. The Morgan fingerprint density at radius 3 is 2.57 bits per heavy atom. The predicted molar refractivity (Wildman–Crippen MR) is 70.8 cm³/mol. The maximum atomic E-state index is 12.7. The number of carbonyl (C=O) groups excluding carboxylic acids is 1. The van der Waals surface area contributed by atoms with E-state index in [0.29, 0.717) is 6.42 Å². The smallest absolute Gasteiger partial charge is 0.416 e. The standard InChI is InChI=1S/C14H17F3N2O2/c15-14(16,17)8-4-5-12(11(6-8)13(19)20)21-10-3-1-2-9(18)7-10/h4-6,9-10H,1-3,7,18H2,(H2,19,20). The normalized spacial score (nSPS) is 22.9. The summed E-state index contributed by atoms with van der Waals surface area (Å²) in [4.78, 5) is 11.4. The van der Waals surface area contributed by atoms with Gasteiger partial charge in [-0.1, -0.05) is 0 Å². The van der Waals surface area contributed by atoms with Crippen LogP contribution >= 0.6 is 0 Å². The third kappa shape index (κ3) is 3.87. The van der Waals surface area contributed by atoms with Gasteiger partial charge in [0.15, 0.2) is 0 Å². The van der Waals surface area contributed by atoms with Crippen LogP contribution in [0.4, 0.5) is 13.2 Å². The van der Waals surface area contributed by atoms with Crippen LogP contribution in [0.2, 0.25) is 0 Å². The fourth-order valence-electron chi connectivity index (χ4n) is 2.47. The van der Waals surface area contributed by atoms with Crippen molar-refractivity contribution in [1.82, 2.24) is 0 Å². The van der Waals surface area contributed by atoms with Gasteiger partial charge in [0.25, 0.3) is 5.91 Å². The van der Waals surface area contributed by atoms with Gasteiger partial charge in [-0.3, -0.25) is 4.79 Å². The summed E-state index contributed by atoms with van der Waals surface area (Å²) in [6.45, 7) is 0. The first-order valence-electron chi connectivity index (χ1n) is 6.70. The van der Waals surface area contributed by atoms with Crippen LogP contribution in [0.25, 0.3) is 0 Å². The Balaban J connectivity index is 2.24. The summed E-state index contributed by atoms with van der Waals surface area (Å²) in [5.41, 5.74) is 9.80. The van der Waals surface area contributed by atoms with Crippen molar-refractivity contribution in [2.24, 2.45) is 11.5 Å². The molecule has 4 nitrogen and oxygen atoms in total. The number of rotatable bonds is 3. The van der Waals surface area contributed by atoms with Crippen molar-refractivity contribution >= 4 is 5.91 Å². The van der Waals surface area contributed by atoms with Crippen LogP contribution < -0.4 is 16.2 Å². The molecule has 2 rings (SSSR count). The molecule has 1 aromatic carbocycles. The average Bonchev–Trinajstić information content (AvgIpc) is 2.37. The lowest BCUT2D eigenvalue weighted by Crippen LogP contribution is -2.34. The van der Waals surface area contributed by atoms with Crippen LogP contribution in [-0.4, -0.2) is 18.1 Å². The fourth-order valence-corrected chi connectivity index (χ4v) is 2.47. The maximum absolute atomic E-state index is 12.7. The summed E-state index contributed by atoms with van der Waals surface area (Å²) in [7, 11) is 0. The first-order chi connectivity index (χ1) is 9.77. The molecule has 116 valence electrons. The molecule has 0 aromatic heterocycles. The van der Waals surface area contributed by atoms with Crippen molar-refractivity contribution in [3.05, 3.63) is 29.3 Å². The molecule has 1 amide bonds. The molecule has 1 saturated carbocycles. The molecule has 1 aliphatic rings. The topological polar surface area (TPSA) is 78.3 Å². The molecular formula is C14H17F3N2O2. The zero-order valence-electron chi connectivity index (χ0n) is 11.3. The van der Waals surface area contributed by atoms with Gasteiger partial charge in [0.2, 0.25) is 0 Å². The molecule has 0 saturated heterocycles. The van der Waals surface area contributed by atoms with E-state index in [2.05, 4.69) is 0 Å². The Morgan fingerprint density at radius 1 is 1.29 bits per heavy atom. The second kappa shape index (κ2) is 5.93. The van der Waals surface area contributed by atoms with Crippen molar-refractivity contribution < 1.29 is 22.7 Å². The number of halogens is 3. The van der Waals surface area contributed by atoms with Crippen molar-refractivity contribution in [2.45, 2.75) is 44.0 Å². The van der Waals surface area contributed by atoms with E-state index in [4.69, 9.17) is 16.2 Å². The molecule has 4 N–H and O–H groups in total. The van der Waals surface area contributed by atoms with E-state index < -0.39 is 17.6 Å². The van der Waals surface area contributed by atoms with Gasteiger partial charge in [-0.05, 0) is 43.9 Å². The lowest BCUT2D eigenvalue weighted by atomic mass is 9.93. The van der Waals surface area contributed by atoms with Gasteiger partial charge >= 0.3 is 6.18 Å². The minimum atomic E-state index is -4.53. The number of primary amides is 1. The Hall–Kier alpha value is -1.76. The number of alkyl halides is 3. The first-order valence-corrected chi connectivity index (χ1v) is 6.70. The van der Waals surface area contributed by atoms with Crippen molar-refractivity contribution in [2.75, 3.05) is 0 Å². The highest BCUT2D eigenvalue weighted by Gasteiger charge is 2.32. The second-order valence-electron chi connectivity index (χ2n) is 5.24. The summed E-state index contributed by atoms with van der Waals surface area (Å²) >= 11 is 0. The highest BCUT2D eigenvalue weighted by Crippen LogP contribution is 2.33. The minimum absolute atomic E-state index is 0.00947. The lowest BCUT2D eigenvalue weighted by Gasteiger charge is -2.28. The fraction of sp³-hybridized carbons (Fsp3) is 0.500. The molecule has 0 aliphatic heterocycles. The molecule has 0 radical (unpaired) electrons. The third-order valence-corrected chi connectivity index (χ3v) is 3.53. The zero-order chi connectivity index (χ0) is 15.6. The quantitative estimate of drug-likeness (QED) is 0.900. The Labute approximate surface area is 120 Å². The van der Waals surface area contributed by atoms with Gasteiger partial charge in [-0.2, -0.15) is 13.2 Å². The summed E-state index contributed by atoms with van der Waals surface area (Å²) in [5, 5.41) is 0. The lowest BCUT2D eigenvalue weighted by molar-refractivity contribution is -0.137. The summed E-state index contributed by atoms with van der Waals surface area (Å²) in [5.74, 6) is -0.870.